The summed E-state index contributed by atoms with van der Waals surface area (Å²) in [5.41, 5.74) is 1.38. The lowest BCUT2D eigenvalue weighted by molar-refractivity contribution is -0.116. The Bertz CT molecular complexity index is 699. The number of hydrogen-bond acceptors (Lipinski definition) is 5. The molecule has 0 saturated heterocycles. The number of carbonyl (C=O) groups is 1. The van der Waals surface area contributed by atoms with E-state index in [9.17, 15) is 15.0 Å². The minimum absolute atomic E-state index is 0.162. The third-order valence-corrected chi connectivity index (χ3v) is 3.35. The predicted molar refractivity (Wildman–Crippen MR) is 86.3 cm³/mol. The Balaban J connectivity index is 1.95. The van der Waals surface area contributed by atoms with Gasteiger partial charge >= 0.3 is 0 Å². The fourth-order valence-electron chi connectivity index (χ4n) is 2.12. The molecule has 0 unspecified atom stereocenters. The lowest BCUT2D eigenvalue weighted by atomic mass is 10.1. The van der Waals surface area contributed by atoms with Crippen LogP contribution in [0.5, 0.6) is 23.0 Å². The number of anilines is 1. The van der Waals surface area contributed by atoms with E-state index in [0.717, 1.165) is 5.56 Å². The van der Waals surface area contributed by atoms with Gasteiger partial charge in [0.15, 0.2) is 23.0 Å². The van der Waals surface area contributed by atoms with Crippen molar-refractivity contribution in [1.29, 1.82) is 0 Å². The van der Waals surface area contributed by atoms with Gasteiger partial charge in [0.1, 0.15) is 0 Å². The molecule has 2 aromatic carbocycles. The standard InChI is InChI=1S/C17H19NO5/c1-22-15-7-5-12(10-16(15)23-2)18-17(21)8-4-11-3-6-13(19)14(20)9-11/h3,5-7,9-10,19-20H,4,8H2,1-2H3,(H,18,21). The maximum Gasteiger partial charge on any atom is 0.224 e. The Kier molecular flexibility index (Phi) is 5.30. The van der Waals surface area contributed by atoms with Crippen LogP contribution in [0.25, 0.3) is 0 Å². The maximum absolute atomic E-state index is 12.0. The summed E-state index contributed by atoms with van der Waals surface area (Å²) >= 11 is 0. The average Bonchev–Trinajstić information content (AvgIpc) is 2.55. The van der Waals surface area contributed by atoms with Crippen LogP contribution in [0.1, 0.15) is 12.0 Å². The Morgan fingerprint density at radius 1 is 1.00 bits per heavy atom. The van der Waals surface area contributed by atoms with E-state index < -0.39 is 0 Å². The number of phenolic OH excluding ortho intramolecular Hbond substituents is 2. The quantitative estimate of drug-likeness (QED) is 0.713. The lowest BCUT2D eigenvalue weighted by Gasteiger charge is -2.10. The Labute approximate surface area is 134 Å². The van der Waals surface area contributed by atoms with Crippen LogP contribution in [0.2, 0.25) is 0 Å². The molecule has 0 aliphatic heterocycles. The number of rotatable bonds is 6. The van der Waals surface area contributed by atoms with Crippen LogP contribution in [-0.4, -0.2) is 30.3 Å². The molecule has 0 heterocycles. The molecule has 0 saturated carbocycles. The predicted octanol–water partition coefficient (Wildman–Crippen LogP) is 2.69. The summed E-state index contributed by atoms with van der Waals surface area (Å²) in [6.45, 7) is 0. The SMILES string of the molecule is COc1ccc(NC(=O)CCc2ccc(O)c(O)c2)cc1OC. The van der Waals surface area contributed by atoms with Crippen molar-refractivity contribution in [1.82, 2.24) is 0 Å². The van der Waals surface area contributed by atoms with Gasteiger partial charge in [-0.05, 0) is 36.2 Å². The van der Waals surface area contributed by atoms with Gasteiger partial charge in [-0.15, -0.1) is 0 Å². The van der Waals surface area contributed by atoms with Gasteiger partial charge in [0.2, 0.25) is 5.91 Å². The van der Waals surface area contributed by atoms with Crippen molar-refractivity contribution in [2.45, 2.75) is 12.8 Å². The number of aromatic hydroxyl groups is 2. The molecule has 23 heavy (non-hydrogen) atoms. The molecule has 6 nitrogen and oxygen atoms in total. The van der Waals surface area contributed by atoms with Crippen molar-refractivity contribution in [2.24, 2.45) is 0 Å². The van der Waals surface area contributed by atoms with Crippen LogP contribution < -0.4 is 14.8 Å². The van der Waals surface area contributed by atoms with E-state index >= 15 is 0 Å². The Hall–Kier alpha value is -2.89. The zero-order chi connectivity index (χ0) is 16.8. The molecule has 2 rings (SSSR count). The molecule has 0 atom stereocenters. The first-order chi connectivity index (χ1) is 11.0. The number of methoxy groups -OCH3 is 2. The summed E-state index contributed by atoms with van der Waals surface area (Å²) in [7, 11) is 3.07. The molecule has 0 radical (unpaired) electrons. The minimum atomic E-state index is -0.192. The molecule has 0 fully saturated rings. The van der Waals surface area contributed by atoms with Crippen LogP contribution in [0.3, 0.4) is 0 Å². The number of amides is 1. The molecule has 1 amide bonds. The first-order valence-corrected chi connectivity index (χ1v) is 7.06. The second-order valence-electron chi connectivity index (χ2n) is 4.94. The van der Waals surface area contributed by atoms with Gasteiger partial charge in [-0.1, -0.05) is 6.07 Å². The summed E-state index contributed by atoms with van der Waals surface area (Å²) in [5, 5.41) is 21.5. The summed E-state index contributed by atoms with van der Waals surface area (Å²) < 4.78 is 10.3. The summed E-state index contributed by atoms with van der Waals surface area (Å²) in [6.07, 6.45) is 0.700. The van der Waals surface area contributed by atoms with Crippen molar-refractivity contribution < 1.29 is 24.5 Å². The van der Waals surface area contributed by atoms with E-state index in [1.165, 1.54) is 19.2 Å². The summed E-state index contributed by atoms with van der Waals surface area (Å²) in [6, 6.07) is 9.63. The van der Waals surface area contributed by atoms with Crippen LogP contribution in [0, 0.1) is 0 Å². The number of hydrogen-bond donors (Lipinski definition) is 3. The van der Waals surface area contributed by atoms with Gasteiger partial charge in [-0.25, -0.2) is 0 Å². The summed E-state index contributed by atoms with van der Waals surface area (Å²) in [5.74, 6) is 0.593. The van der Waals surface area contributed by atoms with Crippen molar-refractivity contribution in [2.75, 3.05) is 19.5 Å². The fraction of sp³-hybridized carbons (Fsp3) is 0.235. The number of nitrogens with one attached hydrogen (secondary N) is 1. The monoisotopic (exact) mass is 317 g/mol. The van der Waals surface area contributed by atoms with Gasteiger partial charge in [-0.3, -0.25) is 4.79 Å². The van der Waals surface area contributed by atoms with E-state index in [1.807, 2.05) is 0 Å². The molecule has 0 aliphatic rings. The van der Waals surface area contributed by atoms with Gasteiger partial charge in [-0.2, -0.15) is 0 Å². The Morgan fingerprint density at radius 3 is 2.39 bits per heavy atom. The summed E-state index contributed by atoms with van der Waals surface area (Å²) in [4.78, 5) is 12.0. The second-order valence-corrected chi connectivity index (χ2v) is 4.94. The van der Waals surface area contributed by atoms with Gasteiger partial charge in [0, 0.05) is 18.2 Å². The highest BCUT2D eigenvalue weighted by Gasteiger charge is 2.08. The molecular weight excluding hydrogens is 298 g/mol. The van der Waals surface area contributed by atoms with E-state index in [0.29, 0.717) is 23.6 Å². The van der Waals surface area contributed by atoms with E-state index in [4.69, 9.17) is 9.47 Å². The van der Waals surface area contributed by atoms with Gasteiger partial charge in [0.05, 0.1) is 14.2 Å². The third-order valence-electron chi connectivity index (χ3n) is 3.35. The maximum atomic E-state index is 12.0. The average molecular weight is 317 g/mol. The number of ether oxygens (including phenoxy) is 2. The van der Waals surface area contributed by atoms with Crippen molar-refractivity contribution >= 4 is 11.6 Å². The van der Waals surface area contributed by atoms with Crippen LogP contribution in [0.15, 0.2) is 36.4 Å². The number of benzene rings is 2. The van der Waals surface area contributed by atoms with E-state index in [1.54, 1.807) is 31.4 Å². The first kappa shape index (κ1) is 16.5. The third kappa shape index (κ3) is 4.29. The zero-order valence-electron chi connectivity index (χ0n) is 13.0. The zero-order valence-corrected chi connectivity index (χ0v) is 13.0. The molecule has 0 aromatic heterocycles. The van der Waals surface area contributed by atoms with Crippen molar-refractivity contribution in [3.8, 4) is 23.0 Å². The molecular formula is C17H19NO5. The topological polar surface area (TPSA) is 88.0 Å². The molecule has 3 N–H and O–H groups in total. The van der Waals surface area contributed by atoms with Crippen LogP contribution >= 0.6 is 0 Å². The first-order valence-electron chi connectivity index (χ1n) is 7.06. The minimum Gasteiger partial charge on any atom is -0.504 e. The largest absolute Gasteiger partial charge is 0.504 e. The van der Waals surface area contributed by atoms with Crippen LogP contribution in [0.4, 0.5) is 5.69 Å². The number of aryl methyl sites for hydroxylation is 1. The highest BCUT2D eigenvalue weighted by Crippen LogP contribution is 2.30. The molecule has 6 heteroatoms. The van der Waals surface area contributed by atoms with Gasteiger partial charge < -0.3 is 25.0 Å². The number of carbonyl (C=O) groups excluding carboxylic acids is 1. The molecule has 0 aliphatic carbocycles. The lowest BCUT2D eigenvalue weighted by Crippen LogP contribution is -2.12. The van der Waals surface area contributed by atoms with Crippen molar-refractivity contribution in [3.05, 3.63) is 42.0 Å². The number of phenols is 2. The molecule has 0 spiro atoms. The van der Waals surface area contributed by atoms with E-state index in [-0.39, 0.29) is 23.8 Å². The van der Waals surface area contributed by atoms with E-state index in [2.05, 4.69) is 5.32 Å². The molecule has 2 aromatic rings. The fourth-order valence-corrected chi connectivity index (χ4v) is 2.12. The van der Waals surface area contributed by atoms with Crippen LogP contribution in [-0.2, 0) is 11.2 Å². The normalized spacial score (nSPS) is 10.2. The second kappa shape index (κ2) is 7.40. The van der Waals surface area contributed by atoms with Gasteiger partial charge in [0.25, 0.3) is 0 Å². The highest BCUT2D eigenvalue weighted by atomic mass is 16.5. The smallest absolute Gasteiger partial charge is 0.224 e. The Morgan fingerprint density at radius 2 is 1.74 bits per heavy atom. The molecule has 122 valence electrons. The molecule has 0 bridgehead atoms. The van der Waals surface area contributed by atoms with Crippen molar-refractivity contribution in [3.63, 3.8) is 0 Å². The highest BCUT2D eigenvalue weighted by molar-refractivity contribution is 5.91.